The number of piperidine rings is 1. The molecule has 1 N–H and O–H groups in total. The summed E-state index contributed by atoms with van der Waals surface area (Å²) in [5.41, 5.74) is -0.0465. The van der Waals surface area contributed by atoms with E-state index in [1.165, 1.54) is 11.3 Å². The van der Waals surface area contributed by atoms with Gasteiger partial charge in [0.25, 0.3) is 5.91 Å². The van der Waals surface area contributed by atoms with E-state index in [0.717, 1.165) is 24.4 Å². The lowest BCUT2D eigenvalue weighted by molar-refractivity contribution is -0.137. The molecule has 0 aliphatic carbocycles. The van der Waals surface area contributed by atoms with Crippen LogP contribution in [-0.2, 0) is 10.2 Å². The first-order chi connectivity index (χ1) is 10.3. The predicted molar refractivity (Wildman–Crippen MR) is 86.3 cm³/mol. The van der Waals surface area contributed by atoms with Crippen molar-refractivity contribution in [3.63, 3.8) is 0 Å². The molecule has 1 aliphatic heterocycles. The third-order valence-electron chi connectivity index (χ3n) is 3.93. The predicted octanol–water partition coefficient (Wildman–Crippen LogP) is 3.16. The topological polar surface area (TPSA) is 70.5 Å². The van der Waals surface area contributed by atoms with Crippen molar-refractivity contribution in [2.75, 3.05) is 13.1 Å². The van der Waals surface area contributed by atoms with Crippen molar-refractivity contribution in [1.82, 2.24) is 9.88 Å². The summed E-state index contributed by atoms with van der Waals surface area (Å²) in [6, 6.07) is 0. The van der Waals surface area contributed by atoms with E-state index < -0.39 is 5.97 Å². The normalized spacial score (nSPS) is 19.2. The number of hydrogen-bond donors (Lipinski definition) is 1. The fourth-order valence-electron chi connectivity index (χ4n) is 2.69. The first-order valence-electron chi connectivity index (χ1n) is 7.74. The maximum absolute atomic E-state index is 12.6. The molecule has 2 heterocycles. The fraction of sp³-hybridized carbons (Fsp3) is 0.688. The Morgan fingerprint density at radius 1 is 1.45 bits per heavy atom. The number of likely N-dealkylation sites (tertiary alicyclic amines) is 1. The van der Waals surface area contributed by atoms with Crippen molar-refractivity contribution < 1.29 is 14.7 Å². The van der Waals surface area contributed by atoms with Crippen LogP contribution in [0.15, 0.2) is 6.20 Å². The van der Waals surface area contributed by atoms with E-state index in [1.54, 1.807) is 6.20 Å². The Labute approximate surface area is 135 Å². The van der Waals surface area contributed by atoms with Crippen LogP contribution in [0.4, 0.5) is 0 Å². The highest BCUT2D eigenvalue weighted by atomic mass is 32.1. The van der Waals surface area contributed by atoms with Crippen LogP contribution < -0.4 is 0 Å². The summed E-state index contributed by atoms with van der Waals surface area (Å²) < 4.78 is 0. The molecule has 1 aliphatic rings. The van der Waals surface area contributed by atoms with E-state index in [4.69, 9.17) is 5.11 Å². The zero-order valence-electron chi connectivity index (χ0n) is 13.5. The van der Waals surface area contributed by atoms with E-state index in [1.807, 2.05) is 4.90 Å². The number of carboxylic acid groups (broad SMARTS) is 1. The lowest BCUT2D eigenvalue weighted by Crippen LogP contribution is -2.39. The number of carbonyl (C=O) groups excluding carboxylic acids is 1. The van der Waals surface area contributed by atoms with Gasteiger partial charge in [-0.25, -0.2) is 4.98 Å². The molecule has 0 radical (unpaired) electrons. The molecule has 1 amide bonds. The molecule has 0 spiro atoms. The minimum Gasteiger partial charge on any atom is -0.481 e. The van der Waals surface area contributed by atoms with Gasteiger partial charge in [0, 0.05) is 24.9 Å². The summed E-state index contributed by atoms with van der Waals surface area (Å²) in [5.74, 6) is -0.433. The fourth-order valence-corrected chi connectivity index (χ4v) is 3.63. The van der Waals surface area contributed by atoms with Crippen LogP contribution >= 0.6 is 11.3 Å². The molecule has 1 aromatic rings. The maximum Gasteiger partial charge on any atom is 0.303 e. The first-order valence-corrected chi connectivity index (χ1v) is 8.56. The lowest BCUT2D eigenvalue weighted by atomic mass is 9.93. The maximum atomic E-state index is 12.6. The minimum absolute atomic E-state index is 0.0352. The molecule has 122 valence electrons. The third kappa shape index (κ3) is 4.29. The summed E-state index contributed by atoms with van der Waals surface area (Å²) in [6.45, 7) is 7.68. The zero-order valence-corrected chi connectivity index (χ0v) is 14.3. The minimum atomic E-state index is -0.763. The molecular weight excluding hydrogens is 300 g/mol. The third-order valence-corrected chi connectivity index (χ3v) is 5.34. The van der Waals surface area contributed by atoms with Crippen molar-refractivity contribution in [1.29, 1.82) is 0 Å². The lowest BCUT2D eigenvalue weighted by Gasteiger charge is -2.32. The van der Waals surface area contributed by atoms with Crippen molar-refractivity contribution in [3.05, 3.63) is 16.1 Å². The van der Waals surface area contributed by atoms with Gasteiger partial charge < -0.3 is 10.0 Å². The molecule has 5 nitrogen and oxygen atoms in total. The summed E-state index contributed by atoms with van der Waals surface area (Å²) >= 11 is 1.46. The summed E-state index contributed by atoms with van der Waals surface area (Å²) in [6.07, 6.45) is 4.46. The SMILES string of the molecule is CC(C)(C)c1ncc(C(=O)N2CCC[C@H](CCC(=O)O)C2)s1. The second kappa shape index (κ2) is 6.77. The molecule has 0 unspecified atom stereocenters. The van der Waals surface area contributed by atoms with E-state index in [9.17, 15) is 9.59 Å². The largest absolute Gasteiger partial charge is 0.481 e. The number of thiazole rings is 1. The van der Waals surface area contributed by atoms with E-state index in [0.29, 0.717) is 23.8 Å². The number of hydrogen-bond acceptors (Lipinski definition) is 4. The van der Waals surface area contributed by atoms with Gasteiger partial charge in [-0.2, -0.15) is 0 Å². The molecule has 0 saturated carbocycles. The van der Waals surface area contributed by atoms with Gasteiger partial charge in [0.05, 0.1) is 11.2 Å². The quantitative estimate of drug-likeness (QED) is 0.923. The van der Waals surface area contributed by atoms with Crippen molar-refractivity contribution in [3.8, 4) is 0 Å². The monoisotopic (exact) mass is 324 g/mol. The van der Waals surface area contributed by atoms with Gasteiger partial charge in [0.1, 0.15) is 4.88 Å². The van der Waals surface area contributed by atoms with Gasteiger partial charge in [0.15, 0.2) is 0 Å². The molecule has 2 rings (SSSR count). The number of carbonyl (C=O) groups is 2. The number of nitrogens with zero attached hydrogens (tertiary/aromatic N) is 2. The van der Waals surface area contributed by atoms with Crippen LogP contribution in [0, 0.1) is 5.92 Å². The summed E-state index contributed by atoms with van der Waals surface area (Å²) in [4.78, 5) is 30.2. The smallest absolute Gasteiger partial charge is 0.303 e. The number of rotatable bonds is 4. The molecule has 0 aromatic carbocycles. The Morgan fingerprint density at radius 2 is 2.18 bits per heavy atom. The second-order valence-corrected chi connectivity index (χ2v) is 8.00. The van der Waals surface area contributed by atoms with Crippen LogP contribution in [-0.4, -0.2) is 40.0 Å². The number of aliphatic carboxylic acids is 1. The average molecular weight is 324 g/mol. The van der Waals surface area contributed by atoms with Crippen LogP contribution in [0.5, 0.6) is 0 Å². The molecule has 0 bridgehead atoms. The van der Waals surface area contributed by atoms with Gasteiger partial charge in [-0.05, 0) is 25.2 Å². The van der Waals surface area contributed by atoms with E-state index >= 15 is 0 Å². The van der Waals surface area contributed by atoms with Gasteiger partial charge in [0.2, 0.25) is 0 Å². The van der Waals surface area contributed by atoms with Gasteiger partial charge in [-0.1, -0.05) is 20.8 Å². The van der Waals surface area contributed by atoms with Gasteiger partial charge in [-0.3, -0.25) is 9.59 Å². The van der Waals surface area contributed by atoms with Crippen LogP contribution in [0.3, 0.4) is 0 Å². The van der Waals surface area contributed by atoms with Gasteiger partial charge >= 0.3 is 5.97 Å². The van der Waals surface area contributed by atoms with Gasteiger partial charge in [-0.15, -0.1) is 11.3 Å². The first kappa shape index (κ1) is 16.9. The van der Waals surface area contributed by atoms with Crippen molar-refractivity contribution in [2.24, 2.45) is 5.92 Å². The highest BCUT2D eigenvalue weighted by Crippen LogP contribution is 2.29. The zero-order chi connectivity index (χ0) is 16.3. The van der Waals surface area contributed by atoms with E-state index in [-0.39, 0.29) is 17.7 Å². The molecule has 1 atom stereocenters. The van der Waals surface area contributed by atoms with Crippen molar-refractivity contribution >= 4 is 23.2 Å². The standard InChI is InChI=1S/C16H24N2O3S/c1-16(2,3)15-17-9-12(22-15)14(21)18-8-4-5-11(10-18)6-7-13(19)20/h9,11H,4-8,10H2,1-3H3,(H,19,20)/t11-/m1/s1. The van der Waals surface area contributed by atoms with Crippen LogP contribution in [0.25, 0.3) is 0 Å². The number of amides is 1. The Balaban J connectivity index is 1.99. The van der Waals surface area contributed by atoms with Crippen LogP contribution in [0.2, 0.25) is 0 Å². The second-order valence-electron chi connectivity index (χ2n) is 6.97. The molecule has 1 aromatic heterocycles. The molecule has 1 fully saturated rings. The molecular formula is C16H24N2O3S. The highest BCUT2D eigenvalue weighted by molar-refractivity contribution is 7.13. The molecule has 1 saturated heterocycles. The summed E-state index contributed by atoms with van der Waals surface area (Å²) in [7, 11) is 0. The van der Waals surface area contributed by atoms with E-state index in [2.05, 4.69) is 25.8 Å². The Morgan fingerprint density at radius 3 is 2.77 bits per heavy atom. The number of aromatic nitrogens is 1. The number of carboxylic acids is 1. The Kier molecular flexibility index (Phi) is 5.21. The Bertz CT molecular complexity index is 548. The Hall–Kier alpha value is -1.43. The highest BCUT2D eigenvalue weighted by Gasteiger charge is 2.27. The molecule has 22 heavy (non-hydrogen) atoms. The van der Waals surface area contributed by atoms with Crippen LogP contribution in [0.1, 0.15) is 61.1 Å². The molecule has 6 heteroatoms. The summed E-state index contributed by atoms with van der Waals surface area (Å²) in [5, 5.41) is 9.76. The average Bonchev–Trinajstić information content (AvgIpc) is 2.94. The van der Waals surface area contributed by atoms with Crippen molar-refractivity contribution in [2.45, 2.75) is 51.9 Å².